The first-order chi connectivity index (χ1) is 14.5. The van der Waals surface area contributed by atoms with Gasteiger partial charge >= 0.3 is 6.03 Å². The summed E-state index contributed by atoms with van der Waals surface area (Å²) in [5.74, 6) is 0.638. The van der Waals surface area contributed by atoms with Gasteiger partial charge in [0.25, 0.3) is 0 Å². The predicted molar refractivity (Wildman–Crippen MR) is 120 cm³/mol. The highest BCUT2D eigenvalue weighted by Gasteiger charge is 2.49. The average Bonchev–Trinajstić information content (AvgIpc) is 3.10. The molecule has 8 heteroatoms. The lowest BCUT2D eigenvalue weighted by Gasteiger charge is -2.41. The van der Waals surface area contributed by atoms with Gasteiger partial charge in [-0.25, -0.2) is 9.78 Å². The predicted octanol–water partition coefficient (Wildman–Crippen LogP) is 3.41. The Balaban J connectivity index is 1.51. The lowest BCUT2D eigenvalue weighted by atomic mass is 10.1. The fourth-order valence-electron chi connectivity index (χ4n) is 4.11. The first-order valence-electron chi connectivity index (χ1n) is 9.93. The number of urea groups is 1. The fourth-order valence-corrected chi connectivity index (χ4v) is 4.57. The van der Waals surface area contributed by atoms with Gasteiger partial charge in [0.05, 0.1) is 30.2 Å². The molecule has 2 aliphatic rings. The van der Waals surface area contributed by atoms with E-state index < -0.39 is 4.87 Å². The van der Waals surface area contributed by atoms with E-state index in [1.54, 1.807) is 17.3 Å². The van der Waals surface area contributed by atoms with E-state index in [-0.39, 0.29) is 6.03 Å². The third kappa shape index (κ3) is 3.27. The molecule has 2 amide bonds. The molecule has 1 fully saturated rings. The standard InChI is InChI=1S/C22H22N6OS/c1-15-12-16(7-10-23-15)18-5-6-19-20(26-18)28(22(30)8-11-27(19)14-22)21(29)25-13-17-4-2-3-9-24-17/h2-7,9-10,12,30H,8,11,13-14H2,1H3,(H,25,29)/t22-/m1/s1. The van der Waals surface area contributed by atoms with E-state index in [1.807, 2.05) is 49.4 Å². The zero-order valence-corrected chi connectivity index (χ0v) is 17.5. The molecule has 0 spiro atoms. The normalized spacial score (nSPS) is 19.5. The van der Waals surface area contributed by atoms with Crippen LogP contribution in [0.3, 0.4) is 0 Å². The van der Waals surface area contributed by atoms with Crippen LogP contribution in [-0.4, -0.2) is 38.9 Å². The SMILES string of the molecule is Cc1cc(-c2ccc3c(n2)N(C(=O)NCc2ccccn2)[C@@]2(S)CCN3C2)ccn1. The number of hydrogen-bond acceptors (Lipinski definition) is 6. The Hall–Kier alpha value is -3.13. The topological polar surface area (TPSA) is 74.2 Å². The van der Waals surface area contributed by atoms with E-state index in [0.717, 1.165) is 41.3 Å². The Kier molecular flexibility index (Phi) is 4.58. The van der Waals surface area contributed by atoms with Crippen molar-refractivity contribution in [1.29, 1.82) is 0 Å². The number of carbonyl (C=O) groups is 1. The van der Waals surface area contributed by atoms with Crippen molar-refractivity contribution in [2.24, 2.45) is 0 Å². The minimum absolute atomic E-state index is 0.214. The summed E-state index contributed by atoms with van der Waals surface area (Å²) in [5, 5.41) is 2.99. The smallest absolute Gasteiger partial charge is 0.324 e. The van der Waals surface area contributed by atoms with Gasteiger partial charge in [-0.05, 0) is 49.7 Å². The molecule has 1 N–H and O–H groups in total. The van der Waals surface area contributed by atoms with Gasteiger partial charge in [0.15, 0.2) is 5.82 Å². The van der Waals surface area contributed by atoms with E-state index in [1.165, 1.54) is 0 Å². The minimum atomic E-state index is -0.596. The number of hydrogen-bond donors (Lipinski definition) is 2. The van der Waals surface area contributed by atoms with Crippen LogP contribution in [-0.2, 0) is 6.54 Å². The molecular formula is C22H22N6OS. The maximum Gasteiger partial charge on any atom is 0.324 e. The molecule has 1 saturated heterocycles. The highest BCUT2D eigenvalue weighted by molar-refractivity contribution is 7.82. The lowest BCUT2D eigenvalue weighted by Crippen LogP contribution is -2.56. The minimum Gasteiger partial charge on any atom is -0.365 e. The Morgan fingerprint density at radius 1 is 1.20 bits per heavy atom. The highest BCUT2D eigenvalue weighted by Crippen LogP contribution is 2.46. The number of pyridine rings is 3. The summed E-state index contributed by atoms with van der Waals surface area (Å²) in [6.07, 6.45) is 4.26. The molecule has 0 radical (unpaired) electrons. The van der Waals surface area contributed by atoms with Gasteiger partial charge in [0.1, 0.15) is 4.87 Å². The molecule has 0 unspecified atom stereocenters. The molecule has 3 aromatic heterocycles. The van der Waals surface area contributed by atoms with Crippen LogP contribution in [0, 0.1) is 6.92 Å². The molecule has 7 nitrogen and oxygen atoms in total. The first-order valence-corrected chi connectivity index (χ1v) is 10.4. The summed E-state index contributed by atoms with van der Waals surface area (Å²) >= 11 is 4.93. The quantitative estimate of drug-likeness (QED) is 0.638. The Labute approximate surface area is 180 Å². The van der Waals surface area contributed by atoms with Crippen LogP contribution < -0.4 is 15.1 Å². The van der Waals surface area contributed by atoms with Gasteiger partial charge in [-0.1, -0.05) is 6.07 Å². The number of carbonyl (C=O) groups excluding carboxylic acids is 1. The molecule has 1 atom stereocenters. The second kappa shape index (κ2) is 7.28. The zero-order valence-electron chi connectivity index (χ0n) is 16.6. The van der Waals surface area contributed by atoms with Crippen LogP contribution in [0.1, 0.15) is 17.8 Å². The van der Waals surface area contributed by atoms with Gasteiger partial charge in [-0.2, -0.15) is 0 Å². The summed E-state index contributed by atoms with van der Waals surface area (Å²) in [5.41, 5.74) is 4.46. The number of rotatable bonds is 3. The zero-order chi connectivity index (χ0) is 20.7. The summed E-state index contributed by atoms with van der Waals surface area (Å²) in [4.78, 5) is 30.1. The fraction of sp³-hybridized carbons (Fsp3) is 0.273. The number of anilines is 2. The van der Waals surface area contributed by atoms with Gasteiger partial charge in [0.2, 0.25) is 0 Å². The highest BCUT2D eigenvalue weighted by atomic mass is 32.1. The number of fused-ring (bicyclic) bond motifs is 4. The van der Waals surface area contributed by atoms with Crippen LogP contribution in [0.2, 0.25) is 0 Å². The maximum atomic E-state index is 13.3. The molecule has 152 valence electrons. The molecule has 2 aliphatic heterocycles. The summed E-state index contributed by atoms with van der Waals surface area (Å²) in [6, 6.07) is 13.4. The third-order valence-corrected chi connectivity index (χ3v) is 6.16. The molecular weight excluding hydrogens is 396 g/mol. The molecule has 3 aromatic rings. The van der Waals surface area contributed by atoms with E-state index >= 15 is 0 Å². The molecule has 0 aromatic carbocycles. The van der Waals surface area contributed by atoms with E-state index in [2.05, 4.69) is 20.2 Å². The molecule has 5 heterocycles. The second-order valence-corrected chi connectivity index (χ2v) is 8.53. The number of aromatic nitrogens is 3. The number of nitrogens with zero attached hydrogens (tertiary/aromatic N) is 5. The van der Waals surface area contributed by atoms with Crippen LogP contribution in [0.15, 0.2) is 54.9 Å². The van der Waals surface area contributed by atoms with Gasteiger partial charge in [-0.3, -0.25) is 14.9 Å². The van der Waals surface area contributed by atoms with Crippen LogP contribution >= 0.6 is 12.6 Å². The van der Waals surface area contributed by atoms with Gasteiger partial charge in [-0.15, -0.1) is 12.6 Å². The van der Waals surface area contributed by atoms with Gasteiger partial charge < -0.3 is 10.2 Å². The van der Waals surface area contributed by atoms with Crippen molar-refractivity contribution >= 4 is 30.2 Å². The van der Waals surface area contributed by atoms with Gasteiger partial charge in [0, 0.05) is 30.2 Å². The van der Waals surface area contributed by atoms with E-state index in [0.29, 0.717) is 18.9 Å². The summed E-state index contributed by atoms with van der Waals surface area (Å²) in [6.45, 7) is 3.82. The van der Waals surface area contributed by atoms with Crippen molar-refractivity contribution in [3.8, 4) is 11.3 Å². The van der Waals surface area contributed by atoms with Crippen molar-refractivity contribution in [3.05, 3.63) is 66.2 Å². The number of nitrogens with one attached hydrogen (secondary N) is 1. The second-order valence-electron chi connectivity index (χ2n) is 7.69. The monoisotopic (exact) mass is 418 g/mol. The van der Waals surface area contributed by atoms with Crippen molar-refractivity contribution in [3.63, 3.8) is 0 Å². The first kappa shape index (κ1) is 18.9. The van der Waals surface area contributed by atoms with Crippen molar-refractivity contribution < 1.29 is 4.79 Å². The molecule has 5 rings (SSSR count). The van der Waals surface area contributed by atoms with Crippen LogP contribution in [0.5, 0.6) is 0 Å². The number of thiol groups is 1. The van der Waals surface area contributed by atoms with Crippen molar-refractivity contribution in [2.75, 3.05) is 22.9 Å². The largest absolute Gasteiger partial charge is 0.365 e. The molecule has 2 bridgehead atoms. The van der Waals surface area contributed by atoms with Crippen LogP contribution in [0.25, 0.3) is 11.3 Å². The Morgan fingerprint density at radius 2 is 2.10 bits per heavy atom. The molecule has 0 aliphatic carbocycles. The summed E-state index contributed by atoms with van der Waals surface area (Å²) < 4.78 is 0. The Bertz CT molecular complexity index is 1110. The average molecular weight is 419 g/mol. The number of amides is 2. The maximum absolute atomic E-state index is 13.3. The van der Waals surface area contributed by atoms with Crippen LogP contribution in [0.4, 0.5) is 16.3 Å². The Morgan fingerprint density at radius 3 is 2.90 bits per heavy atom. The van der Waals surface area contributed by atoms with E-state index in [9.17, 15) is 4.79 Å². The third-order valence-electron chi connectivity index (χ3n) is 5.59. The number of aryl methyl sites for hydroxylation is 1. The molecule has 0 saturated carbocycles. The molecule has 30 heavy (non-hydrogen) atoms. The van der Waals surface area contributed by atoms with E-state index in [4.69, 9.17) is 17.6 Å². The summed E-state index contributed by atoms with van der Waals surface area (Å²) in [7, 11) is 0. The van der Waals surface area contributed by atoms with Crippen molar-refractivity contribution in [2.45, 2.75) is 24.8 Å². The van der Waals surface area contributed by atoms with Crippen molar-refractivity contribution in [1.82, 2.24) is 20.3 Å². The lowest BCUT2D eigenvalue weighted by molar-refractivity contribution is 0.242.